The number of carbonyl (C=O) groups excluding carboxylic acids is 2. The van der Waals surface area contributed by atoms with Gasteiger partial charge < -0.3 is 10.1 Å². The maximum atomic E-state index is 13.2. The van der Waals surface area contributed by atoms with Gasteiger partial charge in [-0.2, -0.15) is 5.10 Å². The predicted octanol–water partition coefficient (Wildman–Crippen LogP) is 3.96. The first-order chi connectivity index (χ1) is 12.6. The van der Waals surface area contributed by atoms with E-state index in [1.165, 1.54) is 17.7 Å². The van der Waals surface area contributed by atoms with E-state index in [1.807, 2.05) is 13.8 Å². The Morgan fingerprint density at radius 3 is 2.52 bits per heavy atom. The van der Waals surface area contributed by atoms with E-state index in [0.717, 1.165) is 12.1 Å². The number of aromatic nitrogens is 2. The molecule has 0 spiro atoms. The molecule has 9 heteroatoms. The van der Waals surface area contributed by atoms with Crippen molar-refractivity contribution in [1.82, 2.24) is 9.78 Å². The number of anilines is 1. The minimum Gasteiger partial charge on any atom is -0.449 e. The van der Waals surface area contributed by atoms with Crippen LogP contribution in [0.5, 0.6) is 0 Å². The summed E-state index contributed by atoms with van der Waals surface area (Å²) in [7, 11) is 0. The van der Waals surface area contributed by atoms with Crippen LogP contribution in [0.1, 0.15) is 36.8 Å². The van der Waals surface area contributed by atoms with Gasteiger partial charge in [-0.25, -0.2) is 13.6 Å². The number of amides is 1. The van der Waals surface area contributed by atoms with Crippen LogP contribution < -0.4 is 5.32 Å². The molecule has 1 aromatic carbocycles. The van der Waals surface area contributed by atoms with Crippen LogP contribution in [0.3, 0.4) is 0 Å². The monoisotopic (exact) mass is 399 g/mol. The summed E-state index contributed by atoms with van der Waals surface area (Å²) in [6.45, 7) is 7.46. The number of esters is 1. The molecule has 1 amide bonds. The highest BCUT2D eigenvalue weighted by molar-refractivity contribution is 6.32. The largest absolute Gasteiger partial charge is 0.449 e. The molecule has 0 saturated carbocycles. The van der Waals surface area contributed by atoms with E-state index in [2.05, 4.69) is 10.4 Å². The highest BCUT2D eigenvalue weighted by Gasteiger charge is 2.26. The Balaban J connectivity index is 2.07. The summed E-state index contributed by atoms with van der Waals surface area (Å²) in [5, 5.41) is 6.70. The van der Waals surface area contributed by atoms with Gasteiger partial charge in [0, 0.05) is 18.3 Å². The van der Waals surface area contributed by atoms with Crippen molar-refractivity contribution >= 4 is 29.2 Å². The van der Waals surface area contributed by atoms with E-state index in [4.69, 9.17) is 16.3 Å². The van der Waals surface area contributed by atoms with Crippen molar-refractivity contribution in [3.63, 3.8) is 0 Å². The molecule has 146 valence electrons. The number of nitrogens with zero attached hydrogens (tertiary/aromatic N) is 2. The lowest BCUT2D eigenvalue weighted by molar-refractivity contribution is -0.123. The zero-order valence-electron chi connectivity index (χ0n) is 15.3. The van der Waals surface area contributed by atoms with Crippen LogP contribution in [0.4, 0.5) is 14.5 Å². The summed E-state index contributed by atoms with van der Waals surface area (Å²) in [4.78, 5) is 24.5. The minimum atomic E-state index is -1.19. The van der Waals surface area contributed by atoms with Crippen LogP contribution in [-0.4, -0.2) is 27.8 Å². The van der Waals surface area contributed by atoms with E-state index in [0.29, 0.717) is 12.2 Å². The van der Waals surface area contributed by atoms with Gasteiger partial charge in [0.05, 0.1) is 5.69 Å². The molecule has 0 aliphatic heterocycles. The second-order valence-corrected chi connectivity index (χ2v) is 6.85. The molecule has 2 aromatic rings. The number of hydrogen-bond donors (Lipinski definition) is 1. The number of hydrogen-bond acceptors (Lipinski definition) is 4. The van der Waals surface area contributed by atoms with Crippen molar-refractivity contribution in [2.24, 2.45) is 5.92 Å². The first-order valence-electron chi connectivity index (χ1n) is 8.30. The predicted molar refractivity (Wildman–Crippen MR) is 96.7 cm³/mol. The Morgan fingerprint density at radius 1 is 1.26 bits per heavy atom. The summed E-state index contributed by atoms with van der Waals surface area (Å²) in [6.07, 6.45) is -1.19. The molecule has 1 aromatic heterocycles. The quantitative estimate of drug-likeness (QED) is 0.746. The molecule has 0 saturated heterocycles. The third-order valence-corrected chi connectivity index (χ3v) is 4.03. The topological polar surface area (TPSA) is 73.2 Å². The zero-order valence-corrected chi connectivity index (χ0v) is 16.1. The summed E-state index contributed by atoms with van der Waals surface area (Å²) < 4.78 is 32.8. The van der Waals surface area contributed by atoms with Gasteiger partial charge in [-0.3, -0.25) is 9.48 Å². The number of nitrogens with one attached hydrogen (secondary N) is 1. The molecule has 1 heterocycles. The third-order valence-electron chi connectivity index (χ3n) is 3.65. The maximum Gasteiger partial charge on any atom is 0.343 e. The van der Waals surface area contributed by atoms with Crippen molar-refractivity contribution in [3.8, 4) is 0 Å². The normalized spacial score (nSPS) is 12.1. The molecule has 0 radical (unpaired) electrons. The molecular weight excluding hydrogens is 380 g/mol. The summed E-state index contributed by atoms with van der Waals surface area (Å²) in [6, 6.07) is 2.91. The number of aryl methyl sites for hydroxylation is 1. The Kier molecular flexibility index (Phi) is 6.54. The maximum absolute atomic E-state index is 13.2. The molecule has 6 nitrogen and oxygen atoms in total. The van der Waals surface area contributed by atoms with Gasteiger partial charge in [0.2, 0.25) is 0 Å². The number of ether oxygens (including phenoxy) is 1. The highest BCUT2D eigenvalue weighted by Crippen LogP contribution is 2.22. The molecule has 0 unspecified atom stereocenters. The molecule has 0 fully saturated rings. The van der Waals surface area contributed by atoms with E-state index < -0.39 is 29.6 Å². The minimum absolute atomic E-state index is 0.0424. The van der Waals surface area contributed by atoms with Crippen LogP contribution in [0, 0.1) is 24.5 Å². The van der Waals surface area contributed by atoms with Crippen LogP contribution in [0.25, 0.3) is 0 Å². The van der Waals surface area contributed by atoms with Crippen LogP contribution in [0.15, 0.2) is 18.2 Å². The van der Waals surface area contributed by atoms with Gasteiger partial charge in [-0.1, -0.05) is 25.4 Å². The highest BCUT2D eigenvalue weighted by atomic mass is 35.5. The van der Waals surface area contributed by atoms with Gasteiger partial charge in [0.1, 0.15) is 10.7 Å². The number of carbonyl (C=O) groups is 2. The van der Waals surface area contributed by atoms with E-state index >= 15 is 0 Å². The Morgan fingerprint density at radius 2 is 1.93 bits per heavy atom. The number of halogens is 3. The van der Waals surface area contributed by atoms with Gasteiger partial charge in [0.25, 0.3) is 5.91 Å². The standard InChI is InChI=1S/C18H20ClF2N3O3/c1-9(2)8-24-16(19)15(10(3)23-24)18(26)27-11(4)17(25)22-12-5-6-13(20)14(21)7-12/h5-7,9,11H,8H2,1-4H3,(H,22,25)/t11-/m1/s1. The first kappa shape index (κ1) is 20.8. The molecule has 0 aliphatic rings. The van der Waals surface area contributed by atoms with Crippen molar-refractivity contribution in [2.75, 3.05) is 5.32 Å². The number of rotatable bonds is 6. The lowest BCUT2D eigenvalue weighted by Crippen LogP contribution is -2.30. The second-order valence-electron chi connectivity index (χ2n) is 6.49. The Bertz CT molecular complexity index is 868. The third kappa shape index (κ3) is 5.03. The Labute approximate surface area is 160 Å². The fourth-order valence-electron chi connectivity index (χ4n) is 2.34. The summed E-state index contributed by atoms with van der Waals surface area (Å²) >= 11 is 6.22. The van der Waals surface area contributed by atoms with Gasteiger partial charge in [0.15, 0.2) is 17.7 Å². The fraction of sp³-hybridized carbons (Fsp3) is 0.389. The first-order valence-corrected chi connectivity index (χ1v) is 8.67. The lowest BCUT2D eigenvalue weighted by atomic mass is 10.2. The Hall–Kier alpha value is -2.48. The van der Waals surface area contributed by atoms with Gasteiger partial charge in [-0.15, -0.1) is 0 Å². The van der Waals surface area contributed by atoms with Crippen LogP contribution >= 0.6 is 11.6 Å². The summed E-state index contributed by atoms with van der Waals surface area (Å²) in [5.74, 6) is -3.35. The second kappa shape index (κ2) is 8.47. The zero-order chi connectivity index (χ0) is 20.3. The fourth-order valence-corrected chi connectivity index (χ4v) is 2.66. The molecule has 1 N–H and O–H groups in total. The molecule has 0 bridgehead atoms. The summed E-state index contributed by atoms with van der Waals surface area (Å²) in [5.41, 5.74) is 0.518. The van der Waals surface area contributed by atoms with E-state index in [9.17, 15) is 18.4 Å². The molecular formula is C18H20ClF2N3O3. The van der Waals surface area contributed by atoms with Gasteiger partial charge >= 0.3 is 5.97 Å². The molecule has 1 atom stereocenters. The van der Waals surface area contributed by atoms with E-state index in [-0.39, 0.29) is 22.3 Å². The average Bonchev–Trinajstić information content (AvgIpc) is 2.84. The van der Waals surface area contributed by atoms with Crippen molar-refractivity contribution in [3.05, 3.63) is 46.2 Å². The van der Waals surface area contributed by atoms with Crippen LogP contribution in [-0.2, 0) is 16.1 Å². The lowest BCUT2D eigenvalue weighted by Gasteiger charge is -2.14. The van der Waals surface area contributed by atoms with Crippen LogP contribution in [0.2, 0.25) is 5.15 Å². The van der Waals surface area contributed by atoms with Gasteiger partial charge in [-0.05, 0) is 31.9 Å². The SMILES string of the molecule is Cc1nn(CC(C)C)c(Cl)c1C(=O)O[C@H](C)C(=O)Nc1ccc(F)c(F)c1. The van der Waals surface area contributed by atoms with Crippen molar-refractivity contribution in [1.29, 1.82) is 0 Å². The molecule has 2 rings (SSSR count). The van der Waals surface area contributed by atoms with E-state index in [1.54, 1.807) is 6.92 Å². The molecule has 0 aliphatic carbocycles. The smallest absolute Gasteiger partial charge is 0.343 e. The number of benzene rings is 1. The van der Waals surface area contributed by atoms with Crippen molar-refractivity contribution in [2.45, 2.75) is 40.3 Å². The van der Waals surface area contributed by atoms with Crippen molar-refractivity contribution < 1.29 is 23.1 Å². The molecule has 27 heavy (non-hydrogen) atoms. The average molecular weight is 400 g/mol.